The lowest BCUT2D eigenvalue weighted by Gasteiger charge is -2.33. The summed E-state index contributed by atoms with van der Waals surface area (Å²) in [5.74, 6) is 1.30. The molecule has 1 saturated carbocycles. The third-order valence-electron chi connectivity index (χ3n) is 6.35. The van der Waals surface area contributed by atoms with Crippen LogP contribution in [0.5, 0.6) is 0 Å². The van der Waals surface area contributed by atoms with Crippen LogP contribution in [0.4, 0.5) is 5.95 Å². The summed E-state index contributed by atoms with van der Waals surface area (Å²) < 4.78 is 27.1. The van der Waals surface area contributed by atoms with Gasteiger partial charge < -0.3 is 15.0 Å². The molecule has 8 nitrogen and oxygen atoms in total. The monoisotopic (exact) mass is 457 g/mol. The van der Waals surface area contributed by atoms with Gasteiger partial charge in [0.2, 0.25) is 16.0 Å². The van der Waals surface area contributed by atoms with Crippen molar-refractivity contribution in [2.45, 2.75) is 57.2 Å². The quantitative estimate of drug-likeness (QED) is 0.589. The first-order valence-electron chi connectivity index (χ1n) is 10.9. The van der Waals surface area contributed by atoms with Gasteiger partial charge in [0.25, 0.3) is 0 Å². The summed E-state index contributed by atoms with van der Waals surface area (Å²) in [5, 5.41) is 14.9. The molecule has 3 aromatic rings. The van der Waals surface area contributed by atoms with Crippen molar-refractivity contribution in [3.05, 3.63) is 48.3 Å². The van der Waals surface area contributed by atoms with Crippen LogP contribution >= 0.6 is 0 Å². The van der Waals surface area contributed by atoms with E-state index in [0.29, 0.717) is 5.95 Å². The minimum absolute atomic E-state index is 0.0477. The average molecular weight is 458 g/mol. The van der Waals surface area contributed by atoms with Gasteiger partial charge >= 0.3 is 0 Å². The minimum atomic E-state index is -3.17. The zero-order valence-electron chi connectivity index (χ0n) is 19.0. The SMILES string of the molecule is CN(C1CCC(Nc2nccc(-n3ccc4c(C(C)(C)O)cccc43)n2)CC1)S(C)(=O)=O. The molecule has 0 atom stereocenters. The molecule has 1 aromatic carbocycles. The molecule has 2 N–H and O–H groups in total. The van der Waals surface area contributed by atoms with Crippen LogP contribution in [0.3, 0.4) is 0 Å². The third-order valence-corrected chi connectivity index (χ3v) is 7.69. The van der Waals surface area contributed by atoms with Crippen LogP contribution in [0.1, 0.15) is 45.1 Å². The fraction of sp³-hybridized carbons (Fsp3) is 0.478. The van der Waals surface area contributed by atoms with E-state index < -0.39 is 15.6 Å². The van der Waals surface area contributed by atoms with Crippen LogP contribution in [-0.4, -0.2) is 57.8 Å². The molecule has 0 aliphatic heterocycles. The van der Waals surface area contributed by atoms with Gasteiger partial charge in [0, 0.05) is 36.9 Å². The Balaban J connectivity index is 1.51. The Kier molecular flexibility index (Phi) is 6.00. The normalized spacial score (nSPS) is 20.1. The first-order valence-corrected chi connectivity index (χ1v) is 12.7. The van der Waals surface area contributed by atoms with Crippen molar-refractivity contribution in [1.29, 1.82) is 0 Å². The number of hydrogen-bond donors (Lipinski definition) is 2. The molecule has 0 amide bonds. The highest BCUT2D eigenvalue weighted by Crippen LogP contribution is 2.30. The van der Waals surface area contributed by atoms with Gasteiger partial charge in [-0.05, 0) is 63.3 Å². The van der Waals surface area contributed by atoms with Crippen LogP contribution in [0.2, 0.25) is 0 Å². The van der Waals surface area contributed by atoms with E-state index in [0.717, 1.165) is 48.0 Å². The summed E-state index contributed by atoms with van der Waals surface area (Å²) in [6, 6.07) is 10.0. The number of sulfonamides is 1. The molecule has 0 bridgehead atoms. The Bertz CT molecular complexity index is 1210. The van der Waals surface area contributed by atoms with Gasteiger partial charge in [-0.1, -0.05) is 12.1 Å². The van der Waals surface area contributed by atoms with Crippen molar-refractivity contribution in [2.24, 2.45) is 0 Å². The van der Waals surface area contributed by atoms with E-state index in [1.54, 1.807) is 27.1 Å². The molecular formula is C23H31N5O3S. The van der Waals surface area contributed by atoms with Gasteiger partial charge in [-0.15, -0.1) is 0 Å². The number of aliphatic hydroxyl groups is 1. The molecule has 2 heterocycles. The molecule has 0 unspecified atom stereocenters. The van der Waals surface area contributed by atoms with E-state index in [1.807, 2.05) is 41.1 Å². The largest absolute Gasteiger partial charge is 0.386 e. The fourth-order valence-electron chi connectivity index (χ4n) is 4.49. The van der Waals surface area contributed by atoms with Crippen molar-refractivity contribution >= 4 is 26.9 Å². The van der Waals surface area contributed by atoms with Crippen molar-refractivity contribution in [3.63, 3.8) is 0 Å². The molecule has 1 aliphatic rings. The van der Waals surface area contributed by atoms with Crippen molar-refractivity contribution in [1.82, 2.24) is 18.8 Å². The van der Waals surface area contributed by atoms with Crippen LogP contribution in [0.15, 0.2) is 42.7 Å². The van der Waals surface area contributed by atoms with E-state index in [1.165, 1.54) is 10.6 Å². The molecular weight excluding hydrogens is 426 g/mol. The third kappa shape index (κ3) is 4.65. The zero-order valence-corrected chi connectivity index (χ0v) is 19.8. The van der Waals surface area contributed by atoms with Gasteiger partial charge in [0.15, 0.2) is 0 Å². The smallest absolute Gasteiger partial charge is 0.224 e. The molecule has 0 spiro atoms. The number of fused-ring (bicyclic) bond motifs is 1. The topological polar surface area (TPSA) is 100 Å². The van der Waals surface area contributed by atoms with E-state index in [9.17, 15) is 13.5 Å². The zero-order chi connectivity index (χ0) is 23.1. The molecule has 0 radical (unpaired) electrons. The summed E-state index contributed by atoms with van der Waals surface area (Å²) in [6.45, 7) is 3.57. The Morgan fingerprint density at radius 1 is 1.16 bits per heavy atom. The van der Waals surface area contributed by atoms with Gasteiger partial charge in [0.1, 0.15) is 5.82 Å². The van der Waals surface area contributed by atoms with Crippen LogP contribution < -0.4 is 5.32 Å². The molecule has 172 valence electrons. The molecule has 4 rings (SSSR count). The highest BCUT2D eigenvalue weighted by Gasteiger charge is 2.28. The second-order valence-electron chi connectivity index (χ2n) is 9.15. The number of hydrogen-bond acceptors (Lipinski definition) is 6. The van der Waals surface area contributed by atoms with Gasteiger partial charge in [0.05, 0.1) is 17.4 Å². The van der Waals surface area contributed by atoms with Gasteiger partial charge in [-0.3, -0.25) is 0 Å². The Labute approximate surface area is 189 Å². The number of nitrogens with one attached hydrogen (secondary N) is 1. The maximum Gasteiger partial charge on any atom is 0.224 e. The van der Waals surface area contributed by atoms with E-state index in [-0.39, 0.29) is 12.1 Å². The molecule has 32 heavy (non-hydrogen) atoms. The number of rotatable bonds is 6. The predicted octanol–water partition coefficient (Wildman–Crippen LogP) is 3.26. The number of aromatic nitrogens is 3. The second-order valence-corrected chi connectivity index (χ2v) is 11.2. The van der Waals surface area contributed by atoms with Crippen molar-refractivity contribution in [2.75, 3.05) is 18.6 Å². The lowest BCUT2D eigenvalue weighted by Crippen LogP contribution is -2.41. The predicted molar refractivity (Wildman–Crippen MR) is 126 cm³/mol. The molecule has 1 fully saturated rings. The molecule has 0 saturated heterocycles. The summed E-state index contributed by atoms with van der Waals surface area (Å²) in [5.41, 5.74) is 0.907. The Morgan fingerprint density at radius 2 is 1.88 bits per heavy atom. The highest BCUT2D eigenvalue weighted by atomic mass is 32.2. The van der Waals surface area contributed by atoms with E-state index in [4.69, 9.17) is 4.98 Å². The van der Waals surface area contributed by atoms with Crippen molar-refractivity contribution < 1.29 is 13.5 Å². The summed E-state index contributed by atoms with van der Waals surface area (Å²) in [4.78, 5) is 9.11. The molecule has 2 aromatic heterocycles. The lowest BCUT2D eigenvalue weighted by molar-refractivity contribution is 0.0802. The average Bonchev–Trinajstić information content (AvgIpc) is 3.17. The van der Waals surface area contributed by atoms with Crippen LogP contribution in [0.25, 0.3) is 16.7 Å². The molecule has 1 aliphatic carbocycles. The number of benzene rings is 1. The molecule has 9 heteroatoms. The second kappa shape index (κ2) is 8.46. The summed E-state index contributed by atoms with van der Waals surface area (Å²) in [7, 11) is -1.51. The first-order chi connectivity index (χ1) is 15.0. The maximum atomic E-state index is 11.8. The summed E-state index contributed by atoms with van der Waals surface area (Å²) >= 11 is 0. The summed E-state index contributed by atoms with van der Waals surface area (Å²) in [6.07, 6.45) is 8.29. The first kappa shape index (κ1) is 22.7. The minimum Gasteiger partial charge on any atom is -0.386 e. The van der Waals surface area contributed by atoms with E-state index in [2.05, 4.69) is 10.3 Å². The van der Waals surface area contributed by atoms with Gasteiger partial charge in [-0.2, -0.15) is 4.98 Å². The van der Waals surface area contributed by atoms with E-state index >= 15 is 0 Å². The van der Waals surface area contributed by atoms with Crippen molar-refractivity contribution in [3.8, 4) is 5.82 Å². The maximum absolute atomic E-state index is 11.8. The number of nitrogens with zero attached hydrogens (tertiary/aromatic N) is 4. The van der Waals surface area contributed by atoms with Crippen LogP contribution in [0, 0.1) is 0 Å². The Hall–Kier alpha value is -2.49. The highest BCUT2D eigenvalue weighted by molar-refractivity contribution is 7.88. The fourth-order valence-corrected chi connectivity index (χ4v) is 5.24. The van der Waals surface area contributed by atoms with Crippen LogP contribution in [-0.2, 0) is 15.6 Å². The van der Waals surface area contributed by atoms with Gasteiger partial charge in [-0.25, -0.2) is 17.7 Å². The standard InChI is InChI=1S/C23H31N5O3S/c1-23(2,29)19-6-5-7-20-18(19)13-15-28(20)21-12-14-24-22(26-21)25-16-8-10-17(11-9-16)27(3)32(4,30)31/h5-7,12-17,29H,8-11H2,1-4H3,(H,24,25,26). The number of anilines is 1. The lowest BCUT2D eigenvalue weighted by atomic mass is 9.91. The Morgan fingerprint density at radius 3 is 2.53 bits per heavy atom.